The van der Waals surface area contributed by atoms with Crippen LogP contribution in [-0.4, -0.2) is 32.6 Å². The lowest BCUT2D eigenvalue weighted by atomic mass is 10.1. The average Bonchev–Trinajstić information content (AvgIpc) is 2.40. The Hall–Kier alpha value is -1.55. The summed E-state index contributed by atoms with van der Waals surface area (Å²) >= 11 is 0. The van der Waals surface area contributed by atoms with E-state index in [1.165, 1.54) is 24.2 Å². The number of carbonyl (C=O) groups excluding carboxylic acids is 1. The number of carbonyl (C=O) groups is 1. The minimum atomic E-state index is 0.0956. The van der Waals surface area contributed by atoms with Crippen molar-refractivity contribution in [1.82, 2.24) is 5.43 Å². The van der Waals surface area contributed by atoms with Gasteiger partial charge in [-0.3, -0.25) is 15.2 Å². The molecule has 2 rings (SSSR count). The van der Waals surface area contributed by atoms with Crippen LogP contribution in [0.25, 0.3) is 0 Å². The van der Waals surface area contributed by atoms with Gasteiger partial charge >= 0.3 is 0 Å². The summed E-state index contributed by atoms with van der Waals surface area (Å²) in [6.07, 6.45) is 3.81. The number of hydrogen-bond donors (Lipinski definition) is 2. The zero-order valence-electron chi connectivity index (χ0n) is 11.0. The first-order chi connectivity index (χ1) is 8.75. The molecule has 4 heteroatoms. The number of likely N-dealkylation sites (tertiary alicyclic amines) is 1. The van der Waals surface area contributed by atoms with E-state index in [0.717, 1.165) is 18.8 Å². The standard InChI is InChI=1S/C14H21N3O/c1-16(13-8-4-2-5-9-13)15-14(18)12-17-10-6-3-7-11-17/h2,4-5,8-9H,3,6-7,10-12H2,1H3,(H,15,18)/p+1. The predicted molar refractivity (Wildman–Crippen MR) is 72.4 cm³/mol. The summed E-state index contributed by atoms with van der Waals surface area (Å²) in [7, 11) is 1.87. The first kappa shape index (κ1) is 12.9. The summed E-state index contributed by atoms with van der Waals surface area (Å²) in [4.78, 5) is 13.3. The topological polar surface area (TPSA) is 36.8 Å². The van der Waals surface area contributed by atoms with Gasteiger partial charge in [0.05, 0.1) is 18.8 Å². The fraction of sp³-hybridized carbons (Fsp3) is 0.500. The fourth-order valence-electron chi connectivity index (χ4n) is 2.40. The Morgan fingerprint density at radius 2 is 1.89 bits per heavy atom. The first-order valence-electron chi connectivity index (χ1n) is 6.67. The molecule has 1 aliphatic heterocycles. The second-order valence-corrected chi connectivity index (χ2v) is 4.92. The van der Waals surface area contributed by atoms with Gasteiger partial charge in [0.25, 0.3) is 5.91 Å². The average molecular weight is 248 g/mol. The highest BCUT2D eigenvalue weighted by atomic mass is 16.2. The maximum Gasteiger partial charge on any atom is 0.293 e. The molecule has 0 aliphatic carbocycles. The van der Waals surface area contributed by atoms with Gasteiger partial charge in [0, 0.05) is 7.05 Å². The van der Waals surface area contributed by atoms with Gasteiger partial charge in [-0.1, -0.05) is 18.2 Å². The van der Waals surface area contributed by atoms with Crippen LogP contribution >= 0.6 is 0 Å². The van der Waals surface area contributed by atoms with Crippen LogP contribution in [0.5, 0.6) is 0 Å². The zero-order chi connectivity index (χ0) is 12.8. The quantitative estimate of drug-likeness (QED) is 0.748. The van der Waals surface area contributed by atoms with E-state index in [0.29, 0.717) is 6.54 Å². The van der Waals surface area contributed by atoms with E-state index >= 15 is 0 Å². The number of quaternary nitrogens is 1. The molecule has 1 aliphatic rings. The van der Waals surface area contributed by atoms with Gasteiger partial charge in [0.2, 0.25) is 0 Å². The molecule has 1 aromatic rings. The molecule has 4 nitrogen and oxygen atoms in total. The zero-order valence-corrected chi connectivity index (χ0v) is 11.0. The number of rotatable bonds is 4. The van der Waals surface area contributed by atoms with E-state index in [2.05, 4.69) is 5.43 Å². The van der Waals surface area contributed by atoms with E-state index in [4.69, 9.17) is 0 Å². The summed E-state index contributed by atoms with van der Waals surface area (Å²) < 4.78 is 0. The molecule has 1 fully saturated rings. The highest BCUT2D eigenvalue weighted by Crippen LogP contribution is 2.07. The summed E-state index contributed by atoms with van der Waals surface area (Å²) in [5, 5.41) is 1.78. The van der Waals surface area contributed by atoms with E-state index in [-0.39, 0.29) is 5.91 Å². The van der Waals surface area contributed by atoms with E-state index < -0.39 is 0 Å². The summed E-state index contributed by atoms with van der Waals surface area (Å²) in [5.74, 6) is 0.0956. The smallest absolute Gasteiger partial charge is 0.293 e. The molecule has 98 valence electrons. The molecule has 2 N–H and O–H groups in total. The van der Waals surface area contributed by atoms with Crippen molar-refractivity contribution in [2.75, 3.05) is 31.7 Å². The van der Waals surface area contributed by atoms with Gasteiger partial charge in [-0.15, -0.1) is 0 Å². The van der Waals surface area contributed by atoms with Crippen molar-refractivity contribution >= 4 is 11.6 Å². The Morgan fingerprint density at radius 1 is 1.22 bits per heavy atom. The first-order valence-corrected chi connectivity index (χ1v) is 6.67. The van der Waals surface area contributed by atoms with Gasteiger partial charge in [-0.2, -0.15) is 0 Å². The summed E-state index contributed by atoms with van der Waals surface area (Å²) in [6.45, 7) is 2.84. The normalized spacial score (nSPS) is 16.3. The van der Waals surface area contributed by atoms with Crippen molar-refractivity contribution in [3.8, 4) is 0 Å². The monoisotopic (exact) mass is 248 g/mol. The molecular weight excluding hydrogens is 226 g/mol. The van der Waals surface area contributed by atoms with Crippen molar-refractivity contribution in [2.45, 2.75) is 19.3 Å². The van der Waals surface area contributed by atoms with E-state index in [1.807, 2.05) is 37.4 Å². The number of hydrogen-bond acceptors (Lipinski definition) is 2. The molecule has 1 aromatic carbocycles. The highest BCUT2D eigenvalue weighted by Gasteiger charge is 2.17. The minimum absolute atomic E-state index is 0.0956. The van der Waals surface area contributed by atoms with Gasteiger partial charge in [-0.05, 0) is 31.4 Å². The molecule has 1 heterocycles. The third kappa shape index (κ3) is 3.74. The third-order valence-corrected chi connectivity index (χ3v) is 3.41. The lowest BCUT2D eigenvalue weighted by Gasteiger charge is -2.25. The number of amides is 1. The number of para-hydroxylation sites is 1. The second-order valence-electron chi connectivity index (χ2n) is 4.92. The van der Waals surface area contributed by atoms with Crippen LogP contribution in [-0.2, 0) is 4.79 Å². The van der Waals surface area contributed by atoms with Crippen molar-refractivity contribution < 1.29 is 9.69 Å². The van der Waals surface area contributed by atoms with E-state index in [1.54, 1.807) is 5.01 Å². The van der Waals surface area contributed by atoms with Crippen molar-refractivity contribution in [3.05, 3.63) is 30.3 Å². The largest absolute Gasteiger partial charge is 0.327 e. The molecule has 0 saturated carbocycles. The SMILES string of the molecule is CN(NC(=O)C[NH+]1CCCCC1)c1ccccc1. The van der Waals surface area contributed by atoms with Gasteiger partial charge in [0.15, 0.2) is 6.54 Å². The van der Waals surface area contributed by atoms with Gasteiger partial charge in [0.1, 0.15) is 0 Å². The Kier molecular flexibility index (Phi) is 4.59. The maximum atomic E-state index is 11.9. The fourth-order valence-corrected chi connectivity index (χ4v) is 2.40. The lowest BCUT2D eigenvalue weighted by molar-refractivity contribution is -0.896. The summed E-state index contributed by atoms with van der Waals surface area (Å²) in [6, 6.07) is 9.86. The Bertz CT molecular complexity index is 374. The number of benzene rings is 1. The molecule has 0 aromatic heterocycles. The molecule has 0 radical (unpaired) electrons. The summed E-state index contributed by atoms with van der Waals surface area (Å²) in [5.41, 5.74) is 3.92. The van der Waals surface area contributed by atoms with Gasteiger partial charge in [-0.25, -0.2) is 0 Å². The molecule has 0 unspecified atom stereocenters. The lowest BCUT2D eigenvalue weighted by Crippen LogP contribution is -3.14. The number of anilines is 1. The van der Waals surface area contributed by atoms with Gasteiger partial charge < -0.3 is 4.90 Å². The van der Waals surface area contributed by atoms with Crippen LogP contribution < -0.4 is 15.3 Å². The Morgan fingerprint density at radius 3 is 2.56 bits per heavy atom. The molecule has 1 amide bonds. The number of nitrogens with zero attached hydrogens (tertiary/aromatic N) is 1. The maximum absolute atomic E-state index is 11.9. The van der Waals surface area contributed by atoms with Crippen molar-refractivity contribution in [3.63, 3.8) is 0 Å². The van der Waals surface area contributed by atoms with Crippen LogP contribution in [0, 0.1) is 0 Å². The number of piperidine rings is 1. The minimum Gasteiger partial charge on any atom is -0.327 e. The molecule has 0 spiro atoms. The number of nitrogens with one attached hydrogen (secondary N) is 2. The Labute approximate surface area is 109 Å². The van der Waals surface area contributed by atoms with Crippen molar-refractivity contribution in [1.29, 1.82) is 0 Å². The van der Waals surface area contributed by atoms with Crippen LogP contribution in [0.3, 0.4) is 0 Å². The molecule has 18 heavy (non-hydrogen) atoms. The molecule has 0 atom stereocenters. The van der Waals surface area contributed by atoms with Crippen molar-refractivity contribution in [2.24, 2.45) is 0 Å². The van der Waals surface area contributed by atoms with Crippen LogP contribution in [0.15, 0.2) is 30.3 Å². The predicted octanol–water partition coefficient (Wildman–Crippen LogP) is 0.223. The van der Waals surface area contributed by atoms with E-state index in [9.17, 15) is 4.79 Å². The van der Waals surface area contributed by atoms with Crippen LogP contribution in [0.4, 0.5) is 5.69 Å². The molecule has 0 bridgehead atoms. The number of hydrazine groups is 1. The highest BCUT2D eigenvalue weighted by molar-refractivity contribution is 5.78. The van der Waals surface area contributed by atoms with Crippen LogP contribution in [0.2, 0.25) is 0 Å². The second kappa shape index (κ2) is 6.40. The van der Waals surface area contributed by atoms with Crippen LogP contribution in [0.1, 0.15) is 19.3 Å². The Balaban J connectivity index is 1.80. The molecular formula is C14H22N3O+. The molecule has 1 saturated heterocycles. The third-order valence-electron chi connectivity index (χ3n) is 3.41.